The quantitative estimate of drug-likeness (QED) is 0.746. The Morgan fingerprint density at radius 2 is 2.21 bits per heavy atom. The van der Waals surface area contributed by atoms with Crippen LogP contribution in [-0.2, 0) is 0 Å². The summed E-state index contributed by atoms with van der Waals surface area (Å²) in [4.78, 5) is 8.18. The predicted octanol–water partition coefficient (Wildman–Crippen LogP) is 0.888. The van der Waals surface area contributed by atoms with Crippen LogP contribution in [0.5, 0.6) is 0 Å². The molecule has 0 amide bonds. The molecule has 2 N–H and O–H groups in total. The molecule has 2 rings (SSSR count). The van der Waals surface area contributed by atoms with Gasteiger partial charge in [0.25, 0.3) is 0 Å². The first-order valence-electron chi connectivity index (χ1n) is 5.16. The summed E-state index contributed by atoms with van der Waals surface area (Å²) in [7, 11) is 0. The van der Waals surface area contributed by atoms with E-state index in [4.69, 9.17) is 0 Å². The summed E-state index contributed by atoms with van der Waals surface area (Å²) in [5, 5.41) is 6.67. The van der Waals surface area contributed by atoms with Gasteiger partial charge in [-0.1, -0.05) is 0 Å². The molecule has 1 aromatic heterocycles. The van der Waals surface area contributed by atoms with Gasteiger partial charge in [0.05, 0.1) is 6.20 Å². The molecule has 0 radical (unpaired) electrons. The van der Waals surface area contributed by atoms with Crippen LogP contribution in [0, 0.1) is 5.92 Å². The van der Waals surface area contributed by atoms with Gasteiger partial charge in [-0.05, 0) is 31.8 Å². The number of anilines is 1. The van der Waals surface area contributed by atoms with Crippen LogP contribution >= 0.6 is 0 Å². The molecule has 0 bridgehead atoms. The van der Waals surface area contributed by atoms with Gasteiger partial charge < -0.3 is 10.6 Å². The summed E-state index contributed by atoms with van der Waals surface area (Å²) in [6.07, 6.45) is 7.68. The Morgan fingerprint density at radius 1 is 1.36 bits per heavy atom. The van der Waals surface area contributed by atoms with Crippen molar-refractivity contribution < 1.29 is 0 Å². The van der Waals surface area contributed by atoms with Crippen LogP contribution in [0.25, 0.3) is 0 Å². The Kier molecular flexibility index (Phi) is 3.29. The molecule has 14 heavy (non-hydrogen) atoms. The van der Waals surface area contributed by atoms with E-state index in [1.54, 1.807) is 18.6 Å². The highest BCUT2D eigenvalue weighted by Gasteiger charge is 2.12. The van der Waals surface area contributed by atoms with Gasteiger partial charge in [0.1, 0.15) is 5.82 Å². The molecule has 4 nitrogen and oxygen atoms in total. The lowest BCUT2D eigenvalue weighted by molar-refractivity contribution is 0.389. The van der Waals surface area contributed by atoms with Gasteiger partial charge in [0.2, 0.25) is 0 Å². The molecule has 0 unspecified atom stereocenters. The first-order chi connectivity index (χ1) is 6.95. The monoisotopic (exact) mass is 192 g/mol. The maximum atomic E-state index is 4.17. The van der Waals surface area contributed by atoms with Crippen molar-refractivity contribution in [2.24, 2.45) is 5.92 Å². The molecule has 0 aliphatic carbocycles. The SMILES string of the molecule is c1cnc(NCC2CCNCC2)cn1. The second kappa shape index (κ2) is 4.91. The standard InChI is InChI=1S/C10H16N4/c1-3-11-4-2-9(1)7-14-10-8-12-5-6-13-10/h5-6,8-9,11H,1-4,7H2,(H,13,14). The van der Waals surface area contributed by atoms with Crippen molar-refractivity contribution in [2.75, 3.05) is 25.0 Å². The Labute approximate surface area is 84.2 Å². The van der Waals surface area contributed by atoms with Gasteiger partial charge in [0.15, 0.2) is 0 Å². The van der Waals surface area contributed by atoms with E-state index in [0.29, 0.717) is 0 Å². The van der Waals surface area contributed by atoms with Gasteiger partial charge >= 0.3 is 0 Å². The minimum atomic E-state index is 0.776. The van der Waals surface area contributed by atoms with Crippen LogP contribution in [0.1, 0.15) is 12.8 Å². The van der Waals surface area contributed by atoms with Crippen molar-refractivity contribution >= 4 is 5.82 Å². The van der Waals surface area contributed by atoms with E-state index in [2.05, 4.69) is 20.6 Å². The first-order valence-corrected chi connectivity index (χ1v) is 5.16. The van der Waals surface area contributed by atoms with Gasteiger partial charge in [-0.2, -0.15) is 0 Å². The molecular formula is C10H16N4. The second-order valence-corrected chi connectivity index (χ2v) is 3.66. The third-order valence-electron chi connectivity index (χ3n) is 2.59. The molecule has 0 aromatic carbocycles. The largest absolute Gasteiger partial charge is 0.369 e. The van der Waals surface area contributed by atoms with Crippen molar-refractivity contribution in [3.8, 4) is 0 Å². The Bertz CT molecular complexity index is 256. The van der Waals surface area contributed by atoms with E-state index >= 15 is 0 Å². The van der Waals surface area contributed by atoms with E-state index in [-0.39, 0.29) is 0 Å². The number of rotatable bonds is 3. The van der Waals surface area contributed by atoms with Crippen molar-refractivity contribution in [3.63, 3.8) is 0 Å². The third kappa shape index (κ3) is 2.67. The zero-order valence-corrected chi connectivity index (χ0v) is 8.24. The highest BCUT2D eigenvalue weighted by Crippen LogP contribution is 2.11. The van der Waals surface area contributed by atoms with Crippen molar-refractivity contribution in [1.29, 1.82) is 0 Å². The number of piperidine rings is 1. The molecule has 1 fully saturated rings. The van der Waals surface area contributed by atoms with Crippen LogP contribution in [0.4, 0.5) is 5.82 Å². The smallest absolute Gasteiger partial charge is 0.144 e. The number of hydrogen-bond donors (Lipinski definition) is 2. The van der Waals surface area contributed by atoms with Gasteiger partial charge in [-0.15, -0.1) is 0 Å². The van der Waals surface area contributed by atoms with Gasteiger partial charge in [-0.3, -0.25) is 4.98 Å². The molecule has 0 saturated carbocycles. The average Bonchev–Trinajstić information content (AvgIpc) is 2.29. The third-order valence-corrected chi connectivity index (χ3v) is 2.59. The lowest BCUT2D eigenvalue weighted by atomic mass is 9.98. The Morgan fingerprint density at radius 3 is 2.93 bits per heavy atom. The summed E-state index contributed by atoms with van der Waals surface area (Å²) in [6, 6.07) is 0. The van der Waals surface area contributed by atoms with E-state index in [1.165, 1.54) is 12.8 Å². The summed E-state index contributed by atoms with van der Waals surface area (Å²) >= 11 is 0. The number of nitrogens with one attached hydrogen (secondary N) is 2. The normalized spacial score (nSPS) is 18.0. The topological polar surface area (TPSA) is 49.8 Å². The Balaban J connectivity index is 1.76. The maximum Gasteiger partial charge on any atom is 0.144 e. The maximum absolute atomic E-state index is 4.17. The highest BCUT2D eigenvalue weighted by molar-refractivity contribution is 5.29. The highest BCUT2D eigenvalue weighted by atomic mass is 15.0. The molecule has 1 saturated heterocycles. The predicted molar refractivity (Wildman–Crippen MR) is 56.1 cm³/mol. The average molecular weight is 192 g/mol. The molecule has 4 heteroatoms. The van der Waals surface area contributed by atoms with Crippen LogP contribution in [0.15, 0.2) is 18.6 Å². The number of nitrogens with zero attached hydrogens (tertiary/aromatic N) is 2. The molecular weight excluding hydrogens is 176 g/mol. The summed E-state index contributed by atoms with van der Waals surface area (Å²) in [5.41, 5.74) is 0. The summed E-state index contributed by atoms with van der Waals surface area (Å²) in [6.45, 7) is 3.31. The van der Waals surface area contributed by atoms with Gasteiger partial charge in [-0.25, -0.2) is 4.98 Å². The lowest BCUT2D eigenvalue weighted by Crippen LogP contribution is -2.31. The first kappa shape index (κ1) is 9.40. The lowest BCUT2D eigenvalue weighted by Gasteiger charge is -2.22. The summed E-state index contributed by atoms with van der Waals surface area (Å²) in [5.74, 6) is 1.66. The van der Waals surface area contributed by atoms with Crippen molar-refractivity contribution in [2.45, 2.75) is 12.8 Å². The van der Waals surface area contributed by atoms with Gasteiger partial charge in [0, 0.05) is 18.9 Å². The second-order valence-electron chi connectivity index (χ2n) is 3.66. The molecule has 1 aliphatic heterocycles. The van der Waals surface area contributed by atoms with Crippen LogP contribution < -0.4 is 10.6 Å². The minimum absolute atomic E-state index is 0.776. The molecule has 2 heterocycles. The fraction of sp³-hybridized carbons (Fsp3) is 0.600. The van der Waals surface area contributed by atoms with Crippen LogP contribution in [-0.4, -0.2) is 29.6 Å². The van der Waals surface area contributed by atoms with E-state index in [9.17, 15) is 0 Å². The zero-order chi connectivity index (χ0) is 9.64. The van der Waals surface area contributed by atoms with E-state index in [1.807, 2.05) is 0 Å². The molecule has 0 spiro atoms. The van der Waals surface area contributed by atoms with Crippen LogP contribution in [0.3, 0.4) is 0 Å². The fourth-order valence-corrected chi connectivity index (χ4v) is 1.73. The zero-order valence-electron chi connectivity index (χ0n) is 8.24. The Hall–Kier alpha value is -1.16. The van der Waals surface area contributed by atoms with Crippen molar-refractivity contribution in [1.82, 2.24) is 15.3 Å². The molecule has 0 atom stereocenters. The number of aromatic nitrogens is 2. The van der Waals surface area contributed by atoms with Crippen molar-refractivity contribution in [3.05, 3.63) is 18.6 Å². The molecule has 76 valence electrons. The molecule has 1 aliphatic rings. The van der Waals surface area contributed by atoms with Crippen LogP contribution in [0.2, 0.25) is 0 Å². The number of hydrogen-bond acceptors (Lipinski definition) is 4. The molecule has 1 aromatic rings. The van der Waals surface area contributed by atoms with E-state index < -0.39 is 0 Å². The van der Waals surface area contributed by atoms with E-state index in [0.717, 1.165) is 31.4 Å². The fourth-order valence-electron chi connectivity index (χ4n) is 1.73. The minimum Gasteiger partial charge on any atom is -0.369 e. The summed E-state index contributed by atoms with van der Waals surface area (Å²) < 4.78 is 0.